The fourth-order valence-electron chi connectivity index (χ4n) is 3.32. The van der Waals surface area contributed by atoms with Gasteiger partial charge in [-0.1, -0.05) is 18.2 Å². The number of benzene rings is 2. The highest BCUT2D eigenvalue weighted by atomic mass is 16.6. The molecular formula is C18H20N2O4. The molecule has 0 bridgehead atoms. The van der Waals surface area contributed by atoms with Crippen LogP contribution >= 0.6 is 0 Å². The van der Waals surface area contributed by atoms with Crippen molar-refractivity contribution in [3.05, 3.63) is 46.5 Å². The fraction of sp³-hybridized carbons (Fsp3) is 0.389. The predicted octanol–water partition coefficient (Wildman–Crippen LogP) is 3.53. The highest BCUT2D eigenvalue weighted by Crippen LogP contribution is 2.35. The lowest BCUT2D eigenvalue weighted by molar-refractivity contribution is -0.383. The van der Waals surface area contributed by atoms with Gasteiger partial charge in [0.25, 0.3) is 5.69 Å². The molecule has 3 rings (SSSR count). The first-order chi connectivity index (χ1) is 11.6. The molecule has 0 amide bonds. The fourth-order valence-corrected chi connectivity index (χ4v) is 3.32. The number of esters is 1. The van der Waals surface area contributed by atoms with Crippen LogP contribution in [-0.2, 0) is 9.53 Å². The first-order valence-electron chi connectivity index (χ1n) is 8.19. The van der Waals surface area contributed by atoms with Crippen LogP contribution in [0.2, 0.25) is 0 Å². The van der Waals surface area contributed by atoms with Gasteiger partial charge in [0.05, 0.1) is 22.8 Å². The molecule has 1 heterocycles. The van der Waals surface area contributed by atoms with Crippen LogP contribution in [0.5, 0.6) is 0 Å². The lowest BCUT2D eigenvalue weighted by atomic mass is 9.95. The Morgan fingerprint density at radius 3 is 2.50 bits per heavy atom. The van der Waals surface area contributed by atoms with Crippen LogP contribution < -0.4 is 4.90 Å². The van der Waals surface area contributed by atoms with E-state index in [0.29, 0.717) is 12.0 Å². The minimum Gasteiger partial charge on any atom is -0.466 e. The SMILES string of the molecule is CCOC(=O)C1CCN(c2ccc([N+](=O)[O-])c3ccccc23)CC1. The lowest BCUT2D eigenvalue weighted by Crippen LogP contribution is -2.37. The summed E-state index contributed by atoms with van der Waals surface area (Å²) in [6.45, 7) is 3.71. The molecule has 0 aromatic heterocycles. The number of ether oxygens (including phenoxy) is 1. The maximum Gasteiger partial charge on any atom is 0.309 e. The maximum atomic E-state index is 11.9. The zero-order valence-electron chi connectivity index (χ0n) is 13.6. The van der Waals surface area contributed by atoms with E-state index in [0.717, 1.165) is 37.0 Å². The Morgan fingerprint density at radius 1 is 1.21 bits per heavy atom. The minimum absolute atomic E-state index is 0.0505. The predicted molar refractivity (Wildman–Crippen MR) is 92.2 cm³/mol. The summed E-state index contributed by atoms with van der Waals surface area (Å²) in [4.78, 5) is 24.9. The number of rotatable bonds is 4. The van der Waals surface area contributed by atoms with Gasteiger partial charge in [-0.2, -0.15) is 0 Å². The number of carbonyl (C=O) groups excluding carboxylic acids is 1. The summed E-state index contributed by atoms with van der Waals surface area (Å²) in [5.74, 6) is -0.170. The first kappa shape index (κ1) is 16.2. The Balaban J connectivity index is 1.85. The Hall–Kier alpha value is -2.63. The molecule has 0 unspecified atom stereocenters. The van der Waals surface area contributed by atoms with Gasteiger partial charge in [0.15, 0.2) is 0 Å². The summed E-state index contributed by atoms with van der Waals surface area (Å²) in [6, 6.07) is 10.8. The summed E-state index contributed by atoms with van der Waals surface area (Å²) in [5.41, 5.74) is 1.11. The standard InChI is InChI=1S/C18H20N2O4/c1-2-24-18(21)13-9-11-19(12-10-13)16-7-8-17(20(22)23)15-6-4-3-5-14(15)16/h3-8,13H,2,9-12H2,1H3. The minimum atomic E-state index is -0.348. The molecule has 0 radical (unpaired) electrons. The number of fused-ring (bicyclic) bond motifs is 1. The summed E-state index contributed by atoms with van der Waals surface area (Å²) < 4.78 is 5.10. The molecule has 1 fully saturated rings. The van der Waals surface area contributed by atoms with Crippen LogP contribution in [0.3, 0.4) is 0 Å². The molecule has 126 valence electrons. The van der Waals surface area contributed by atoms with Gasteiger partial charge in [-0.05, 0) is 31.9 Å². The quantitative estimate of drug-likeness (QED) is 0.488. The molecule has 1 saturated heterocycles. The van der Waals surface area contributed by atoms with Crippen molar-refractivity contribution in [1.29, 1.82) is 0 Å². The molecule has 0 atom stereocenters. The summed E-state index contributed by atoms with van der Waals surface area (Å²) in [7, 11) is 0. The molecule has 24 heavy (non-hydrogen) atoms. The number of anilines is 1. The van der Waals surface area contributed by atoms with Crippen LogP contribution in [0.15, 0.2) is 36.4 Å². The smallest absolute Gasteiger partial charge is 0.309 e. The second-order valence-corrected chi connectivity index (χ2v) is 5.92. The van der Waals surface area contributed by atoms with E-state index in [1.165, 1.54) is 0 Å². The number of carbonyl (C=O) groups is 1. The van der Waals surface area contributed by atoms with Crippen molar-refractivity contribution in [1.82, 2.24) is 0 Å². The van der Waals surface area contributed by atoms with Crippen LogP contribution in [0.25, 0.3) is 10.8 Å². The van der Waals surface area contributed by atoms with Gasteiger partial charge in [-0.3, -0.25) is 14.9 Å². The summed E-state index contributed by atoms with van der Waals surface area (Å²) in [6.07, 6.45) is 1.48. The number of nitrogens with zero attached hydrogens (tertiary/aromatic N) is 2. The van der Waals surface area contributed by atoms with Crippen molar-refractivity contribution in [2.75, 3.05) is 24.6 Å². The lowest BCUT2D eigenvalue weighted by Gasteiger charge is -2.33. The third-order valence-corrected chi connectivity index (χ3v) is 4.53. The number of piperidine rings is 1. The van der Waals surface area contributed by atoms with Gasteiger partial charge in [-0.15, -0.1) is 0 Å². The van der Waals surface area contributed by atoms with Crippen molar-refractivity contribution < 1.29 is 14.5 Å². The Morgan fingerprint density at radius 2 is 1.88 bits per heavy atom. The molecule has 1 aliphatic heterocycles. The molecular weight excluding hydrogens is 308 g/mol. The largest absolute Gasteiger partial charge is 0.466 e. The van der Waals surface area contributed by atoms with Gasteiger partial charge >= 0.3 is 5.97 Å². The maximum absolute atomic E-state index is 11.9. The third kappa shape index (κ3) is 3.04. The van der Waals surface area contributed by atoms with Crippen molar-refractivity contribution in [3.8, 4) is 0 Å². The molecule has 2 aromatic rings. The second kappa shape index (κ2) is 6.86. The monoisotopic (exact) mass is 328 g/mol. The van der Waals surface area contributed by atoms with E-state index in [9.17, 15) is 14.9 Å². The third-order valence-electron chi connectivity index (χ3n) is 4.53. The van der Waals surface area contributed by atoms with E-state index < -0.39 is 0 Å². The van der Waals surface area contributed by atoms with Crippen LogP contribution in [0, 0.1) is 16.0 Å². The van der Waals surface area contributed by atoms with Crippen LogP contribution in [-0.4, -0.2) is 30.6 Å². The molecule has 0 saturated carbocycles. The van der Waals surface area contributed by atoms with Crippen molar-refractivity contribution in [2.45, 2.75) is 19.8 Å². The van der Waals surface area contributed by atoms with Gasteiger partial charge < -0.3 is 9.64 Å². The van der Waals surface area contributed by atoms with Gasteiger partial charge in [0.1, 0.15) is 0 Å². The Bertz CT molecular complexity index is 767. The number of nitro groups is 1. The van der Waals surface area contributed by atoms with E-state index >= 15 is 0 Å². The van der Waals surface area contributed by atoms with Gasteiger partial charge in [-0.25, -0.2) is 0 Å². The zero-order chi connectivity index (χ0) is 17.1. The van der Waals surface area contributed by atoms with E-state index in [1.54, 1.807) is 12.1 Å². The first-order valence-corrected chi connectivity index (χ1v) is 8.19. The van der Waals surface area contributed by atoms with Crippen molar-refractivity contribution in [2.24, 2.45) is 5.92 Å². The second-order valence-electron chi connectivity index (χ2n) is 5.92. The highest BCUT2D eigenvalue weighted by Gasteiger charge is 2.27. The van der Waals surface area contributed by atoms with Gasteiger partial charge in [0, 0.05) is 30.2 Å². The molecule has 6 nitrogen and oxygen atoms in total. The van der Waals surface area contributed by atoms with Crippen LogP contribution in [0.4, 0.5) is 11.4 Å². The average Bonchev–Trinajstić information content (AvgIpc) is 2.61. The van der Waals surface area contributed by atoms with E-state index in [-0.39, 0.29) is 22.5 Å². The Labute approximate surface area is 140 Å². The van der Waals surface area contributed by atoms with E-state index in [2.05, 4.69) is 4.90 Å². The molecule has 1 aliphatic rings. The van der Waals surface area contributed by atoms with Crippen molar-refractivity contribution in [3.63, 3.8) is 0 Å². The number of hydrogen-bond acceptors (Lipinski definition) is 5. The van der Waals surface area contributed by atoms with E-state index in [4.69, 9.17) is 4.74 Å². The zero-order valence-corrected chi connectivity index (χ0v) is 13.6. The van der Waals surface area contributed by atoms with Crippen molar-refractivity contribution >= 4 is 28.1 Å². The summed E-state index contributed by atoms with van der Waals surface area (Å²) in [5, 5.41) is 12.7. The number of non-ortho nitro benzene ring substituents is 1. The molecule has 0 aliphatic carbocycles. The molecule has 6 heteroatoms. The summed E-state index contributed by atoms with van der Waals surface area (Å²) >= 11 is 0. The molecule has 0 N–H and O–H groups in total. The van der Waals surface area contributed by atoms with Gasteiger partial charge in [0.2, 0.25) is 0 Å². The number of hydrogen-bond donors (Lipinski definition) is 0. The molecule has 0 spiro atoms. The van der Waals surface area contributed by atoms with E-state index in [1.807, 2.05) is 31.2 Å². The highest BCUT2D eigenvalue weighted by molar-refractivity contribution is 6.00. The Kier molecular flexibility index (Phi) is 4.64. The normalized spacial score (nSPS) is 15.5. The topological polar surface area (TPSA) is 72.7 Å². The average molecular weight is 328 g/mol. The van der Waals surface area contributed by atoms with Crippen LogP contribution in [0.1, 0.15) is 19.8 Å². The number of nitro benzene ring substituents is 1. The molecule has 2 aromatic carbocycles.